The van der Waals surface area contributed by atoms with Gasteiger partial charge in [-0.15, -0.1) is 0 Å². The number of benzene rings is 1. The molecule has 0 heterocycles. The molecule has 0 fully saturated rings. The molecule has 0 spiro atoms. The largest absolute Gasteiger partial charge is 0.407 e. The summed E-state index contributed by atoms with van der Waals surface area (Å²) < 4.78 is 38.1. The van der Waals surface area contributed by atoms with Crippen LogP contribution in [-0.2, 0) is 11.0 Å². The quantitative estimate of drug-likeness (QED) is 0.744. The summed E-state index contributed by atoms with van der Waals surface area (Å²) in [5.41, 5.74) is -4.13. The SMILES string of the molecule is [C-]#[N+]c1ccc(NC(=O)C(C)(O)CO)cc1C(F)(F)F. The molecule has 1 aromatic carbocycles. The van der Waals surface area contributed by atoms with Crippen molar-refractivity contribution in [2.45, 2.75) is 18.7 Å². The molecule has 3 N–H and O–H groups in total. The van der Waals surface area contributed by atoms with E-state index in [1.54, 1.807) is 0 Å². The van der Waals surface area contributed by atoms with Crippen molar-refractivity contribution in [2.24, 2.45) is 0 Å². The molecule has 0 aliphatic carbocycles. The molecular formula is C12H11F3N2O3. The highest BCUT2D eigenvalue weighted by Gasteiger charge is 2.34. The molecule has 1 atom stereocenters. The number of aliphatic hydroxyl groups is 2. The van der Waals surface area contributed by atoms with Crippen LogP contribution in [0.25, 0.3) is 4.85 Å². The van der Waals surface area contributed by atoms with Gasteiger partial charge in [0, 0.05) is 5.69 Å². The molecular weight excluding hydrogens is 277 g/mol. The van der Waals surface area contributed by atoms with Gasteiger partial charge in [0.25, 0.3) is 5.91 Å². The van der Waals surface area contributed by atoms with Gasteiger partial charge in [0.2, 0.25) is 0 Å². The predicted octanol–water partition coefficient (Wildman–Crippen LogP) is 1.94. The number of hydrogen-bond acceptors (Lipinski definition) is 3. The average molecular weight is 288 g/mol. The van der Waals surface area contributed by atoms with E-state index in [0.717, 1.165) is 19.1 Å². The molecule has 20 heavy (non-hydrogen) atoms. The third kappa shape index (κ3) is 3.46. The van der Waals surface area contributed by atoms with Gasteiger partial charge in [0.1, 0.15) is 0 Å². The highest BCUT2D eigenvalue weighted by Crippen LogP contribution is 2.38. The van der Waals surface area contributed by atoms with Gasteiger partial charge >= 0.3 is 6.18 Å². The molecule has 0 saturated carbocycles. The minimum absolute atomic E-state index is 0.233. The molecule has 5 nitrogen and oxygen atoms in total. The number of carbonyl (C=O) groups is 1. The summed E-state index contributed by atoms with van der Waals surface area (Å²) in [6.07, 6.45) is -4.74. The fraction of sp³-hybridized carbons (Fsp3) is 0.333. The molecule has 0 bridgehead atoms. The number of anilines is 1. The number of nitrogens with one attached hydrogen (secondary N) is 1. The van der Waals surface area contributed by atoms with Crippen molar-refractivity contribution >= 4 is 17.3 Å². The fourth-order valence-electron chi connectivity index (χ4n) is 1.28. The van der Waals surface area contributed by atoms with E-state index >= 15 is 0 Å². The van der Waals surface area contributed by atoms with Crippen molar-refractivity contribution in [3.63, 3.8) is 0 Å². The molecule has 108 valence electrons. The average Bonchev–Trinajstić information content (AvgIpc) is 2.37. The van der Waals surface area contributed by atoms with Gasteiger partial charge in [-0.25, -0.2) is 4.85 Å². The fourth-order valence-corrected chi connectivity index (χ4v) is 1.28. The van der Waals surface area contributed by atoms with Crippen LogP contribution in [0.3, 0.4) is 0 Å². The van der Waals surface area contributed by atoms with Crippen molar-refractivity contribution in [1.82, 2.24) is 0 Å². The maximum Gasteiger partial charge on any atom is 0.407 e. The van der Waals surface area contributed by atoms with E-state index in [1.807, 2.05) is 5.32 Å². The molecule has 1 rings (SSSR count). The normalized spacial score (nSPS) is 14.2. The summed E-state index contributed by atoms with van der Waals surface area (Å²) in [7, 11) is 0. The summed E-state index contributed by atoms with van der Waals surface area (Å²) in [4.78, 5) is 14.3. The standard InChI is InChI=1S/C12H11F3N2O3/c1-11(20,6-18)10(19)17-7-3-4-9(16-2)8(5-7)12(13,14)15/h3-5,18,20H,6H2,1H3,(H,17,19). The van der Waals surface area contributed by atoms with Crippen LogP contribution >= 0.6 is 0 Å². The highest BCUT2D eigenvalue weighted by molar-refractivity contribution is 5.97. The number of alkyl halides is 3. The van der Waals surface area contributed by atoms with Crippen LogP contribution in [0.2, 0.25) is 0 Å². The first kappa shape index (κ1) is 15.9. The van der Waals surface area contributed by atoms with Gasteiger partial charge in [-0.3, -0.25) is 4.79 Å². The lowest BCUT2D eigenvalue weighted by atomic mass is 10.1. The number of carbonyl (C=O) groups excluding carboxylic acids is 1. The minimum Gasteiger partial charge on any atom is -0.393 e. The molecule has 0 aromatic heterocycles. The Hall–Kier alpha value is -2.11. The third-order valence-corrected chi connectivity index (χ3v) is 2.48. The van der Waals surface area contributed by atoms with E-state index in [9.17, 15) is 23.1 Å². The second-order valence-electron chi connectivity index (χ2n) is 4.23. The summed E-state index contributed by atoms with van der Waals surface area (Å²) >= 11 is 0. The second kappa shape index (κ2) is 5.48. The second-order valence-corrected chi connectivity index (χ2v) is 4.23. The summed E-state index contributed by atoms with van der Waals surface area (Å²) in [5, 5.41) is 20.3. The van der Waals surface area contributed by atoms with Gasteiger partial charge in [-0.2, -0.15) is 13.2 Å². The lowest BCUT2D eigenvalue weighted by Crippen LogP contribution is -2.43. The Kier molecular flexibility index (Phi) is 4.37. The van der Waals surface area contributed by atoms with E-state index in [-0.39, 0.29) is 5.69 Å². The Bertz CT molecular complexity index is 562. The van der Waals surface area contributed by atoms with Gasteiger partial charge in [-0.1, -0.05) is 6.07 Å². The van der Waals surface area contributed by atoms with Gasteiger partial charge in [-0.05, 0) is 19.1 Å². The summed E-state index contributed by atoms with van der Waals surface area (Å²) in [6, 6.07) is 2.62. The van der Waals surface area contributed by atoms with Crippen LogP contribution in [0.4, 0.5) is 24.5 Å². The molecule has 0 aliphatic rings. The number of nitrogens with zero attached hydrogens (tertiary/aromatic N) is 1. The molecule has 0 saturated heterocycles. The van der Waals surface area contributed by atoms with E-state index < -0.39 is 35.5 Å². The maximum atomic E-state index is 12.7. The van der Waals surface area contributed by atoms with Crippen LogP contribution in [0.15, 0.2) is 18.2 Å². The maximum absolute atomic E-state index is 12.7. The van der Waals surface area contributed by atoms with Crippen molar-refractivity contribution < 1.29 is 28.2 Å². The van der Waals surface area contributed by atoms with Crippen LogP contribution in [-0.4, -0.2) is 28.3 Å². The molecule has 1 unspecified atom stereocenters. The Morgan fingerprint density at radius 2 is 2.05 bits per heavy atom. The zero-order valence-corrected chi connectivity index (χ0v) is 10.3. The number of halogens is 3. The number of rotatable bonds is 3. The topological polar surface area (TPSA) is 73.9 Å². The Balaban J connectivity index is 3.12. The van der Waals surface area contributed by atoms with Crippen LogP contribution in [0.5, 0.6) is 0 Å². The van der Waals surface area contributed by atoms with Crippen LogP contribution < -0.4 is 5.32 Å². The lowest BCUT2D eigenvalue weighted by Gasteiger charge is -2.20. The van der Waals surface area contributed by atoms with Gasteiger partial charge in [0.15, 0.2) is 11.3 Å². The summed E-state index contributed by atoms with van der Waals surface area (Å²) in [6.45, 7) is 6.80. The van der Waals surface area contributed by atoms with Crippen molar-refractivity contribution in [3.8, 4) is 0 Å². The minimum atomic E-state index is -4.74. The van der Waals surface area contributed by atoms with Crippen molar-refractivity contribution in [3.05, 3.63) is 35.2 Å². The molecule has 0 radical (unpaired) electrons. The van der Waals surface area contributed by atoms with E-state index in [2.05, 4.69) is 4.85 Å². The third-order valence-electron chi connectivity index (χ3n) is 2.48. The van der Waals surface area contributed by atoms with Crippen LogP contribution in [0.1, 0.15) is 12.5 Å². The highest BCUT2D eigenvalue weighted by atomic mass is 19.4. The Labute approximate surface area is 112 Å². The van der Waals surface area contributed by atoms with Crippen molar-refractivity contribution in [1.29, 1.82) is 0 Å². The van der Waals surface area contributed by atoms with Crippen molar-refractivity contribution in [2.75, 3.05) is 11.9 Å². The van der Waals surface area contributed by atoms with Crippen LogP contribution in [0, 0.1) is 6.57 Å². The Morgan fingerprint density at radius 1 is 1.45 bits per heavy atom. The molecule has 1 amide bonds. The predicted molar refractivity (Wildman–Crippen MR) is 64.0 cm³/mol. The van der Waals surface area contributed by atoms with Gasteiger partial charge < -0.3 is 15.5 Å². The van der Waals surface area contributed by atoms with E-state index in [4.69, 9.17) is 11.7 Å². The lowest BCUT2D eigenvalue weighted by molar-refractivity contribution is -0.137. The number of amides is 1. The molecule has 1 aromatic rings. The van der Waals surface area contributed by atoms with E-state index in [0.29, 0.717) is 6.07 Å². The summed E-state index contributed by atoms with van der Waals surface area (Å²) in [5.74, 6) is -1.05. The monoisotopic (exact) mass is 288 g/mol. The smallest absolute Gasteiger partial charge is 0.393 e. The Morgan fingerprint density at radius 3 is 2.50 bits per heavy atom. The number of hydrogen-bond donors (Lipinski definition) is 3. The number of aliphatic hydroxyl groups excluding tert-OH is 1. The first-order valence-corrected chi connectivity index (χ1v) is 5.35. The molecule has 0 aliphatic heterocycles. The van der Waals surface area contributed by atoms with E-state index in [1.165, 1.54) is 0 Å². The first-order chi connectivity index (χ1) is 9.11. The molecule has 8 heteroatoms. The zero-order chi connectivity index (χ0) is 15.6. The zero-order valence-electron chi connectivity index (χ0n) is 10.3. The van der Waals surface area contributed by atoms with Gasteiger partial charge in [0.05, 0.1) is 18.7 Å². The first-order valence-electron chi connectivity index (χ1n) is 5.35.